The lowest BCUT2D eigenvalue weighted by molar-refractivity contribution is 0.170. The lowest BCUT2D eigenvalue weighted by atomic mass is 9.69. The van der Waals surface area contributed by atoms with Gasteiger partial charge in [0.1, 0.15) is 5.75 Å². The number of hydrogen-bond acceptors (Lipinski definition) is 4. The van der Waals surface area contributed by atoms with Gasteiger partial charge in [-0.3, -0.25) is 0 Å². The van der Waals surface area contributed by atoms with Gasteiger partial charge in [0.25, 0.3) is 0 Å². The Kier molecular flexibility index (Phi) is 2.82. The number of fused-ring (bicyclic) bond motifs is 1. The molecule has 1 aliphatic heterocycles. The quantitative estimate of drug-likeness (QED) is 0.844. The van der Waals surface area contributed by atoms with E-state index in [9.17, 15) is 5.11 Å². The minimum absolute atomic E-state index is 0.151. The van der Waals surface area contributed by atoms with E-state index in [0.717, 1.165) is 37.0 Å². The Labute approximate surface area is 107 Å². The van der Waals surface area contributed by atoms with E-state index in [1.54, 1.807) is 12.1 Å². The molecule has 4 nitrogen and oxygen atoms in total. The molecule has 0 spiro atoms. The monoisotopic (exact) mass is 249 g/mol. The van der Waals surface area contributed by atoms with Crippen LogP contribution in [0.25, 0.3) is 0 Å². The molecule has 0 unspecified atom stereocenters. The van der Waals surface area contributed by atoms with Gasteiger partial charge in [0.05, 0.1) is 0 Å². The molecule has 0 radical (unpaired) electrons. The molecule has 3 rings (SSSR count). The largest absolute Gasteiger partial charge is 0.508 e. The number of ether oxygens (including phenoxy) is 2. The van der Waals surface area contributed by atoms with Crippen LogP contribution in [-0.2, 0) is 5.41 Å². The summed E-state index contributed by atoms with van der Waals surface area (Å²) < 4.78 is 11.0. The smallest absolute Gasteiger partial charge is 0.231 e. The maximum absolute atomic E-state index is 10.2. The highest BCUT2D eigenvalue weighted by atomic mass is 16.7. The first-order valence-electron chi connectivity index (χ1n) is 6.59. The van der Waals surface area contributed by atoms with E-state index in [1.807, 2.05) is 0 Å². The molecular formula is C14H19NO3. The summed E-state index contributed by atoms with van der Waals surface area (Å²) >= 11 is 0. The molecule has 1 saturated carbocycles. The van der Waals surface area contributed by atoms with Gasteiger partial charge < -0.3 is 20.3 Å². The Morgan fingerprint density at radius 3 is 2.67 bits per heavy atom. The van der Waals surface area contributed by atoms with E-state index in [2.05, 4.69) is 0 Å². The third-order valence-corrected chi connectivity index (χ3v) is 4.25. The average Bonchev–Trinajstić information content (AvgIpc) is 2.87. The summed E-state index contributed by atoms with van der Waals surface area (Å²) in [6, 6.07) is 3.45. The zero-order chi connectivity index (χ0) is 12.6. The Morgan fingerprint density at radius 1 is 1.17 bits per heavy atom. The van der Waals surface area contributed by atoms with Crippen molar-refractivity contribution in [3.63, 3.8) is 0 Å². The molecule has 0 amide bonds. The van der Waals surface area contributed by atoms with E-state index in [1.165, 1.54) is 6.42 Å². The van der Waals surface area contributed by atoms with E-state index < -0.39 is 0 Å². The van der Waals surface area contributed by atoms with Crippen molar-refractivity contribution in [2.75, 3.05) is 13.3 Å². The molecular weight excluding hydrogens is 230 g/mol. The molecule has 1 aliphatic carbocycles. The fraction of sp³-hybridized carbons (Fsp3) is 0.571. The van der Waals surface area contributed by atoms with Crippen molar-refractivity contribution in [3.8, 4) is 17.2 Å². The second-order valence-electron chi connectivity index (χ2n) is 5.24. The van der Waals surface area contributed by atoms with Crippen LogP contribution in [0.3, 0.4) is 0 Å². The van der Waals surface area contributed by atoms with Crippen LogP contribution in [0.2, 0.25) is 0 Å². The predicted octanol–water partition coefficient (Wildman–Crippen LogP) is 2.28. The van der Waals surface area contributed by atoms with Crippen LogP contribution in [0.5, 0.6) is 17.2 Å². The maximum Gasteiger partial charge on any atom is 0.231 e. The normalized spacial score (nSPS) is 20.9. The summed E-state index contributed by atoms with van der Waals surface area (Å²) in [5.74, 6) is 1.70. The molecule has 98 valence electrons. The summed E-state index contributed by atoms with van der Waals surface area (Å²) in [5.41, 5.74) is 6.74. The number of phenols is 1. The molecule has 1 fully saturated rings. The molecule has 1 aromatic carbocycles. The minimum atomic E-state index is -0.151. The van der Waals surface area contributed by atoms with Gasteiger partial charge in [-0.05, 0) is 25.0 Å². The van der Waals surface area contributed by atoms with Crippen LogP contribution in [0.4, 0.5) is 0 Å². The van der Waals surface area contributed by atoms with Gasteiger partial charge >= 0.3 is 0 Å². The lowest BCUT2D eigenvalue weighted by Gasteiger charge is -2.37. The molecule has 1 aromatic rings. The first kappa shape index (κ1) is 11.7. The van der Waals surface area contributed by atoms with Gasteiger partial charge in [0, 0.05) is 17.5 Å². The molecule has 0 aromatic heterocycles. The van der Waals surface area contributed by atoms with Crippen LogP contribution in [0, 0.1) is 0 Å². The van der Waals surface area contributed by atoms with Gasteiger partial charge in [0.2, 0.25) is 6.79 Å². The van der Waals surface area contributed by atoms with E-state index in [0.29, 0.717) is 12.3 Å². The van der Waals surface area contributed by atoms with Gasteiger partial charge in [-0.2, -0.15) is 0 Å². The van der Waals surface area contributed by atoms with Crippen LogP contribution < -0.4 is 15.2 Å². The topological polar surface area (TPSA) is 64.7 Å². The minimum Gasteiger partial charge on any atom is -0.508 e. The zero-order valence-electron chi connectivity index (χ0n) is 10.4. The summed E-state index contributed by atoms with van der Waals surface area (Å²) in [5, 5.41) is 10.2. The van der Waals surface area contributed by atoms with Crippen molar-refractivity contribution >= 4 is 0 Å². The summed E-state index contributed by atoms with van der Waals surface area (Å²) in [4.78, 5) is 0. The van der Waals surface area contributed by atoms with Gasteiger partial charge in [0.15, 0.2) is 11.5 Å². The first-order valence-corrected chi connectivity index (χ1v) is 6.59. The van der Waals surface area contributed by atoms with Crippen LogP contribution in [0.1, 0.15) is 37.7 Å². The highest BCUT2D eigenvalue weighted by Crippen LogP contribution is 2.51. The SMILES string of the molecule is NCC1(c2c(O)ccc3c2OCO3)CCCCC1. The first-order chi connectivity index (χ1) is 8.77. The molecule has 1 heterocycles. The van der Waals surface area contributed by atoms with Crippen molar-refractivity contribution in [3.05, 3.63) is 17.7 Å². The Balaban J connectivity index is 2.12. The third kappa shape index (κ3) is 1.63. The number of benzene rings is 1. The Morgan fingerprint density at radius 2 is 1.94 bits per heavy atom. The van der Waals surface area contributed by atoms with E-state index in [-0.39, 0.29) is 18.0 Å². The van der Waals surface area contributed by atoms with Crippen molar-refractivity contribution < 1.29 is 14.6 Å². The zero-order valence-corrected chi connectivity index (χ0v) is 10.4. The molecule has 18 heavy (non-hydrogen) atoms. The van der Waals surface area contributed by atoms with Crippen molar-refractivity contribution in [2.24, 2.45) is 5.73 Å². The number of hydrogen-bond donors (Lipinski definition) is 2. The van der Waals surface area contributed by atoms with E-state index >= 15 is 0 Å². The predicted molar refractivity (Wildman–Crippen MR) is 68.0 cm³/mol. The van der Waals surface area contributed by atoms with Crippen molar-refractivity contribution in [1.82, 2.24) is 0 Å². The fourth-order valence-corrected chi connectivity index (χ4v) is 3.26. The lowest BCUT2D eigenvalue weighted by Crippen LogP contribution is -2.37. The number of nitrogens with two attached hydrogens (primary N) is 1. The number of rotatable bonds is 2. The summed E-state index contributed by atoms with van der Waals surface area (Å²) in [6.45, 7) is 0.771. The molecule has 0 atom stereocenters. The second kappa shape index (κ2) is 4.35. The van der Waals surface area contributed by atoms with Crippen molar-refractivity contribution in [2.45, 2.75) is 37.5 Å². The van der Waals surface area contributed by atoms with Crippen LogP contribution >= 0.6 is 0 Å². The van der Waals surface area contributed by atoms with Crippen molar-refractivity contribution in [1.29, 1.82) is 0 Å². The Bertz CT molecular complexity index is 453. The summed E-state index contributed by atoms with van der Waals surface area (Å²) in [7, 11) is 0. The van der Waals surface area contributed by atoms with E-state index in [4.69, 9.17) is 15.2 Å². The van der Waals surface area contributed by atoms with Gasteiger partial charge in [-0.15, -0.1) is 0 Å². The van der Waals surface area contributed by atoms with Gasteiger partial charge in [-0.1, -0.05) is 19.3 Å². The van der Waals surface area contributed by atoms with Gasteiger partial charge in [-0.25, -0.2) is 0 Å². The maximum atomic E-state index is 10.2. The molecule has 2 aliphatic rings. The second-order valence-corrected chi connectivity index (χ2v) is 5.24. The molecule has 0 bridgehead atoms. The highest BCUT2D eigenvalue weighted by Gasteiger charge is 2.39. The standard InChI is InChI=1S/C14H19NO3/c15-8-14(6-2-1-3-7-14)12-10(16)4-5-11-13(12)18-9-17-11/h4-5,16H,1-3,6-9,15H2. The molecule has 3 N–H and O–H groups in total. The fourth-order valence-electron chi connectivity index (χ4n) is 3.26. The number of aromatic hydroxyl groups is 1. The molecule has 0 saturated heterocycles. The number of phenolic OH excluding ortho intramolecular Hbond substituents is 1. The third-order valence-electron chi connectivity index (χ3n) is 4.25. The highest BCUT2D eigenvalue weighted by molar-refractivity contribution is 5.58. The summed E-state index contributed by atoms with van der Waals surface area (Å²) in [6.07, 6.45) is 5.57. The average molecular weight is 249 g/mol. The van der Waals surface area contributed by atoms with Crippen LogP contribution in [-0.4, -0.2) is 18.4 Å². The Hall–Kier alpha value is -1.42. The van der Waals surface area contributed by atoms with Crippen LogP contribution in [0.15, 0.2) is 12.1 Å². The molecule has 4 heteroatoms.